The standard InChI is InChI=1S/C21H19ClN2O4S/c1-2-28-21(27)13-3-8-18-17(9-13)19(25)10-16(23-18)11-29-12-20(26)24-15-6-4-14(22)5-7-15/h3-10H,2,11-12H2,1H3,(H,23,25)(H,24,26). The molecule has 0 unspecified atom stereocenters. The number of fused-ring (bicyclic) bond motifs is 1. The maximum Gasteiger partial charge on any atom is 0.338 e. The van der Waals surface area contributed by atoms with Crippen molar-refractivity contribution >= 4 is 51.8 Å². The van der Waals surface area contributed by atoms with E-state index in [1.807, 2.05) is 0 Å². The summed E-state index contributed by atoms with van der Waals surface area (Å²) in [4.78, 5) is 39.5. The van der Waals surface area contributed by atoms with Crippen LogP contribution < -0.4 is 10.7 Å². The molecule has 29 heavy (non-hydrogen) atoms. The van der Waals surface area contributed by atoms with Crippen LogP contribution in [0.4, 0.5) is 5.69 Å². The van der Waals surface area contributed by atoms with Gasteiger partial charge in [-0.25, -0.2) is 4.79 Å². The lowest BCUT2D eigenvalue weighted by molar-refractivity contribution is -0.113. The van der Waals surface area contributed by atoms with E-state index in [0.29, 0.717) is 38.6 Å². The van der Waals surface area contributed by atoms with Gasteiger partial charge < -0.3 is 15.0 Å². The number of amides is 1. The third-order valence-electron chi connectivity index (χ3n) is 4.02. The van der Waals surface area contributed by atoms with Gasteiger partial charge in [-0.05, 0) is 49.4 Å². The Morgan fingerprint density at radius 2 is 1.90 bits per heavy atom. The van der Waals surface area contributed by atoms with Crippen molar-refractivity contribution in [2.75, 3.05) is 17.7 Å². The Bertz CT molecular complexity index is 1100. The maximum atomic E-state index is 12.4. The highest BCUT2D eigenvalue weighted by atomic mass is 35.5. The van der Waals surface area contributed by atoms with Crippen molar-refractivity contribution < 1.29 is 14.3 Å². The van der Waals surface area contributed by atoms with Crippen molar-refractivity contribution in [1.29, 1.82) is 0 Å². The molecule has 6 nitrogen and oxygen atoms in total. The average Bonchev–Trinajstić information content (AvgIpc) is 2.70. The second-order valence-corrected chi connectivity index (χ2v) is 7.61. The largest absolute Gasteiger partial charge is 0.462 e. The van der Waals surface area contributed by atoms with Gasteiger partial charge in [0, 0.05) is 39.1 Å². The molecule has 0 saturated heterocycles. The van der Waals surface area contributed by atoms with Crippen molar-refractivity contribution in [1.82, 2.24) is 4.98 Å². The van der Waals surface area contributed by atoms with Gasteiger partial charge in [-0.2, -0.15) is 0 Å². The lowest BCUT2D eigenvalue weighted by Crippen LogP contribution is -2.14. The molecule has 1 heterocycles. The molecule has 0 radical (unpaired) electrons. The molecule has 3 rings (SSSR count). The van der Waals surface area contributed by atoms with Crippen LogP contribution in [0.2, 0.25) is 5.02 Å². The first-order valence-corrected chi connectivity index (χ1v) is 10.5. The normalized spacial score (nSPS) is 10.7. The highest BCUT2D eigenvalue weighted by Gasteiger charge is 2.10. The SMILES string of the molecule is CCOC(=O)c1ccc2[nH]c(CSCC(=O)Nc3ccc(Cl)cc3)cc(=O)c2c1. The number of rotatable bonds is 7. The number of aromatic amines is 1. The van der Waals surface area contributed by atoms with E-state index in [1.165, 1.54) is 23.9 Å². The van der Waals surface area contributed by atoms with Crippen LogP contribution in [0, 0.1) is 0 Å². The summed E-state index contributed by atoms with van der Waals surface area (Å²) in [7, 11) is 0. The minimum atomic E-state index is -0.458. The Kier molecular flexibility index (Phi) is 6.95. The van der Waals surface area contributed by atoms with Gasteiger partial charge in [-0.3, -0.25) is 9.59 Å². The van der Waals surface area contributed by atoms with Crippen molar-refractivity contribution in [3.8, 4) is 0 Å². The number of pyridine rings is 1. The van der Waals surface area contributed by atoms with Crippen LogP contribution in [-0.4, -0.2) is 29.2 Å². The van der Waals surface area contributed by atoms with Gasteiger partial charge in [0.15, 0.2) is 5.43 Å². The molecular formula is C21H19ClN2O4S. The number of halogens is 1. The van der Waals surface area contributed by atoms with E-state index in [1.54, 1.807) is 43.3 Å². The van der Waals surface area contributed by atoms with Crippen molar-refractivity contribution in [2.45, 2.75) is 12.7 Å². The number of H-pyrrole nitrogens is 1. The first kappa shape index (κ1) is 21.0. The molecule has 2 aromatic carbocycles. The molecule has 1 amide bonds. The zero-order valence-corrected chi connectivity index (χ0v) is 17.2. The summed E-state index contributed by atoms with van der Waals surface area (Å²) in [5.41, 5.74) is 2.16. The second-order valence-electron chi connectivity index (χ2n) is 6.19. The van der Waals surface area contributed by atoms with E-state index in [0.717, 1.165) is 0 Å². The fraction of sp³-hybridized carbons (Fsp3) is 0.190. The fourth-order valence-electron chi connectivity index (χ4n) is 2.71. The van der Waals surface area contributed by atoms with Crippen LogP contribution >= 0.6 is 23.4 Å². The zero-order valence-electron chi connectivity index (χ0n) is 15.7. The first-order valence-electron chi connectivity index (χ1n) is 8.92. The van der Waals surface area contributed by atoms with Gasteiger partial charge in [-0.1, -0.05) is 11.6 Å². The minimum absolute atomic E-state index is 0.139. The summed E-state index contributed by atoms with van der Waals surface area (Å²) in [6.45, 7) is 2.00. The van der Waals surface area contributed by atoms with Gasteiger partial charge in [0.2, 0.25) is 5.91 Å². The Morgan fingerprint density at radius 3 is 2.62 bits per heavy atom. The monoisotopic (exact) mass is 430 g/mol. The Labute approximate surface area is 176 Å². The molecule has 3 aromatic rings. The highest BCUT2D eigenvalue weighted by Crippen LogP contribution is 2.17. The molecule has 0 spiro atoms. The number of hydrogen-bond acceptors (Lipinski definition) is 5. The highest BCUT2D eigenvalue weighted by molar-refractivity contribution is 7.99. The van der Waals surface area contributed by atoms with E-state index in [-0.39, 0.29) is 23.7 Å². The lowest BCUT2D eigenvalue weighted by Gasteiger charge is -2.07. The lowest BCUT2D eigenvalue weighted by atomic mass is 10.1. The minimum Gasteiger partial charge on any atom is -0.462 e. The predicted molar refractivity (Wildman–Crippen MR) is 117 cm³/mol. The summed E-state index contributed by atoms with van der Waals surface area (Å²) in [5.74, 6) is 0.114. The van der Waals surface area contributed by atoms with Gasteiger partial charge in [-0.15, -0.1) is 11.8 Å². The molecule has 0 aliphatic carbocycles. The quantitative estimate of drug-likeness (QED) is 0.547. The molecule has 0 saturated carbocycles. The number of anilines is 1. The van der Waals surface area contributed by atoms with E-state index >= 15 is 0 Å². The zero-order chi connectivity index (χ0) is 20.8. The molecule has 0 atom stereocenters. The number of carbonyl (C=O) groups is 2. The van der Waals surface area contributed by atoms with Gasteiger partial charge in [0.05, 0.1) is 17.9 Å². The summed E-state index contributed by atoms with van der Waals surface area (Å²) in [6.07, 6.45) is 0. The van der Waals surface area contributed by atoms with Crippen LogP contribution in [0.1, 0.15) is 23.0 Å². The average molecular weight is 431 g/mol. The van der Waals surface area contributed by atoms with Crippen molar-refractivity contribution in [3.05, 3.63) is 75.0 Å². The number of benzene rings is 2. The van der Waals surface area contributed by atoms with Crippen LogP contribution in [-0.2, 0) is 15.3 Å². The molecule has 0 aliphatic rings. The van der Waals surface area contributed by atoms with E-state index in [2.05, 4.69) is 10.3 Å². The fourth-order valence-corrected chi connectivity index (χ4v) is 3.57. The predicted octanol–water partition coefficient (Wildman–Crippen LogP) is 4.23. The molecular weight excluding hydrogens is 412 g/mol. The third-order valence-corrected chi connectivity index (χ3v) is 5.25. The number of aromatic nitrogens is 1. The van der Waals surface area contributed by atoms with Gasteiger partial charge in [0.25, 0.3) is 0 Å². The van der Waals surface area contributed by atoms with Crippen LogP contribution in [0.15, 0.2) is 53.3 Å². The number of thioether (sulfide) groups is 1. The molecule has 2 N–H and O–H groups in total. The first-order chi connectivity index (χ1) is 14.0. The topological polar surface area (TPSA) is 88.3 Å². The second kappa shape index (κ2) is 9.62. The van der Waals surface area contributed by atoms with Gasteiger partial charge >= 0.3 is 5.97 Å². The smallest absolute Gasteiger partial charge is 0.338 e. The summed E-state index contributed by atoms with van der Waals surface area (Å²) in [5, 5.41) is 3.81. The molecule has 1 aromatic heterocycles. The van der Waals surface area contributed by atoms with Gasteiger partial charge in [0.1, 0.15) is 0 Å². The van der Waals surface area contributed by atoms with Crippen LogP contribution in [0.3, 0.4) is 0 Å². The van der Waals surface area contributed by atoms with Crippen LogP contribution in [0.25, 0.3) is 10.9 Å². The number of hydrogen-bond donors (Lipinski definition) is 2. The maximum absolute atomic E-state index is 12.4. The number of esters is 1. The molecule has 0 bridgehead atoms. The van der Waals surface area contributed by atoms with Crippen LogP contribution in [0.5, 0.6) is 0 Å². The summed E-state index contributed by atoms with van der Waals surface area (Å²) in [6, 6.07) is 13.2. The Morgan fingerprint density at radius 1 is 1.14 bits per heavy atom. The van der Waals surface area contributed by atoms with Crippen molar-refractivity contribution in [3.63, 3.8) is 0 Å². The third kappa shape index (κ3) is 5.62. The molecule has 8 heteroatoms. The number of carbonyl (C=O) groups excluding carboxylic acids is 2. The Balaban J connectivity index is 1.62. The Hall–Kier alpha value is -2.77. The van der Waals surface area contributed by atoms with E-state index in [9.17, 15) is 14.4 Å². The molecule has 150 valence electrons. The van der Waals surface area contributed by atoms with E-state index < -0.39 is 5.97 Å². The van der Waals surface area contributed by atoms with Crippen molar-refractivity contribution in [2.24, 2.45) is 0 Å². The summed E-state index contributed by atoms with van der Waals surface area (Å²) < 4.78 is 4.97. The number of ether oxygens (including phenoxy) is 1. The molecule has 0 aliphatic heterocycles. The summed E-state index contributed by atoms with van der Waals surface area (Å²) >= 11 is 7.21. The van der Waals surface area contributed by atoms with E-state index in [4.69, 9.17) is 16.3 Å². The number of nitrogens with one attached hydrogen (secondary N) is 2. The molecule has 0 fully saturated rings.